The number of aliphatic carboxylic acids is 1. The maximum absolute atomic E-state index is 11.0. The van der Waals surface area contributed by atoms with Crippen molar-refractivity contribution in [1.29, 1.82) is 0 Å². The lowest BCUT2D eigenvalue weighted by Gasteiger charge is -2.10. The molecule has 1 aliphatic carbocycles. The minimum atomic E-state index is -0.720. The number of carbonyl (C=O) groups is 1. The SMILES string of the molecule is O=C(O)C(Sc1cccc(Cl)c1)C1CC1. The molecule has 80 valence electrons. The van der Waals surface area contributed by atoms with Crippen molar-refractivity contribution in [2.45, 2.75) is 23.0 Å². The van der Waals surface area contributed by atoms with E-state index < -0.39 is 5.97 Å². The highest BCUT2D eigenvalue weighted by Crippen LogP contribution is 2.42. The predicted octanol–water partition coefficient (Wildman–Crippen LogP) is 3.30. The summed E-state index contributed by atoms with van der Waals surface area (Å²) < 4.78 is 0. The van der Waals surface area contributed by atoms with Crippen LogP contribution in [-0.4, -0.2) is 16.3 Å². The minimum Gasteiger partial charge on any atom is -0.480 e. The summed E-state index contributed by atoms with van der Waals surface area (Å²) in [5, 5.41) is 9.40. The number of carboxylic acid groups (broad SMARTS) is 1. The Kier molecular flexibility index (Phi) is 3.22. The number of hydrogen-bond acceptors (Lipinski definition) is 2. The molecule has 1 fully saturated rings. The molecule has 0 saturated heterocycles. The number of benzene rings is 1. The van der Waals surface area contributed by atoms with Gasteiger partial charge in [-0.15, -0.1) is 11.8 Å². The van der Waals surface area contributed by atoms with Gasteiger partial charge in [0.1, 0.15) is 5.25 Å². The van der Waals surface area contributed by atoms with Gasteiger partial charge in [-0.2, -0.15) is 0 Å². The Morgan fingerprint density at radius 3 is 2.80 bits per heavy atom. The largest absolute Gasteiger partial charge is 0.480 e. The van der Waals surface area contributed by atoms with Gasteiger partial charge >= 0.3 is 5.97 Å². The second-order valence-electron chi connectivity index (χ2n) is 3.67. The van der Waals surface area contributed by atoms with Crippen LogP contribution in [0.15, 0.2) is 29.2 Å². The van der Waals surface area contributed by atoms with E-state index >= 15 is 0 Å². The van der Waals surface area contributed by atoms with E-state index in [1.807, 2.05) is 18.2 Å². The van der Waals surface area contributed by atoms with Crippen LogP contribution in [0.2, 0.25) is 5.02 Å². The van der Waals surface area contributed by atoms with Gasteiger partial charge in [0.2, 0.25) is 0 Å². The molecular weight excluding hydrogens is 232 g/mol. The fourth-order valence-electron chi connectivity index (χ4n) is 1.43. The van der Waals surface area contributed by atoms with E-state index in [2.05, 4.69) is 0 Å². The van der Waals surface area contributed by atoms with Gasteiger partial charge < -0.3 is 5.11 Å². The average Bonchev–Trinajstić information content (AvgIpc) is 2.97. The van der Waals surface area contributed by atoms with Crippen molar-refractivity contribution in [1.82, 2.24) is 0 Å². The van der Waals surface area contributed by atoms with Gasteiger partial charge in [0, 0.05) is 9.92 Å². The van der Waals surface area contributed by atoms with Crippen LogP contribution in [0.1, 0.15) is 12.8 Å². The van der Waals surface area contributed by atoms with Gasteiger partial charge in [-0.1, -0.05) is 17.7 Å². The van der Waals surface area contributed by atoms with Gasteiger partial charge in [0.25, 0.3) is 0 Å². The molecule has 15 heavy (non-hydrogen) atoms. The number of thioether (sulfide) groups is 1. The van der Waals surface area contributed by atoms with Crippen LogP contribution in [0.5, 0.6) is 0 Å². The van der Waals surface area contributed by atoms with E-state index in [0.29, 0.717) is 10.9 Å². The van der Waals surface area contributed by atoms with Gasteiger partial charge in [-0.05, 0) is 37.0 Å². The molecule has 0 bridgehead atoms. The minimum absolute atomic E-state index is 0.316. The molecule has 2 nitrogen and oxygen atoms in total. The Labute approximate surface area is 97.6 Å². The molecule has 0 heterocycles. The molecule has 1 atom stereocenters. The molecule has 1 aliphatic rings. The van der Waals surface area contributed by atoms with Crippen LogP contribution >= 0.6 is 23.4 Å². The van der Waals surface area contributed by atoms with Gasteiger partial charge in [0.15, 0.2) is 0 Å². The highest BCUT2D eigenvalue weighted by atomic mass is 35.5. The zero-order valence-electron chi connectivity index (χ0n) is 8.02. The van der Waals surface area contributed by atoms with Crippen molar-refractivity contribution in [3.8, 4) is 0 Å². The highest BCUT2D eigenvalue weighted by Gasteiger charge is 2.36. The van der Waals surface area contributed by atoms with Crippen molar-refractivity contribution >= 4 is 29.3 Å². The molecule has 1 N–H and O–H groups in total. The molecule has 0 spiro atoms. The Balaban J connectivity index is 2.08. The zero-order valence-corrected chi connectivity index (χ0v) is 9.59. The molecule has 4 heteroatoms. The molecule has 1 aromatic carbocycles. The first kappa shape index (κ1) is 10.8. The van der Waals surface area contributed by atoms with E-state index in [4.69, 9.17) is 16.7 Å². The van der Waals surface area contributed by atoms with Crippen molar-refractivity contribution in [3.05, 3.63) is 29.3 Å². The van der Waals surface area contributed by atoms with Gasteiger partial charge in [-0.25, -0.2) is 0 Å². The van der Waals surface area contributed by atoms with E-state index in [0.717, 1.165) is 17.7 Å². The van der Waals surface area contributed by atoms with Gasteiger partial charge in [0.05, 0.1) is 0 Å². The maximum atomic E-state index is 11.0. The van der Waals surface area contributed by atoms with E-state index in [1.165, 1.54) is 11.8 Å². The monoisotopic (exact) mass is 242 g/mol. The molecular formula is C11H11ClO2S. The van der Waals surface area contributed by atoms with E-state index in [1.54, 1.807) is 6.07 Å². The Bertz CT molecular complexity index is 377. The van der Waals surface area contributed by atoms with Crippen LogP contribution < -0.4 is 0 Å². The van der Waals surface area contributed by atoms with Crippen molar-refractivity contribution < 1.29 is 9.90 Å². The van der Waals surface area contributed by atoms with Crippen molar-refractivity contribution in [2.24, 2.45) is 5.92 Å². The van der Waals surface area contributed by atoms with Crippen molar-refractivity contribution in [3.63, 3.8) is 0 Å². The molecule has 0 aromatic heterocycles. The zero-order chi connectivity index (χ0) is 10.8. The lowest BCUT2D eigenvalue weighted by Crippen LogP contribution is -2.18. The standard InChI is InChI=1S/C11H11ClO2S/c12-8-2-1-3-9(6-8)15-10(11(13)14)7-4-5-7/h1-3,6-7,10H,4-5H2,(H,13,14). The van der Waals surface area contributed by atoms with Crippen LogP contribution in [-0.2, 0) is 4.79 Å². The average molecular weight is 243 g/mol. The summed E-state index contributed by atoms with van der Waals surface area (Å²) in [7, 11) is 0. The number of hydrogen-bond donors (Lipinski definition) is 1. The van der Waals surface area contributed by atoms with Crippen LogP contribution in [0.4, 0.5) is 0 Å². The summed E-state index contributed by atoms with van der Waals surface area (Å²) in [5.74, 6) is -0.381. The molecule has 1 saturated carbocycles. The predicted molar refractivity (Wildman–Crippen MR) is 61.5 cm³/mol. The summed E-state index contributed by atoms with van der Waals surface area (Å²) in [6.45, 7) is 0. The van der Waals surface area contributed by atoms with Crippen LogP contribution in [0, 0.1) is 5.92 Å². The Morgan fingerprint density at radius 2 is 2.27 bits per heavy atom. The molecule has 2 rings (SSSR count). The maximum Gasteiger partial charge on any atom is 0.317 e. The van der Waals surface area contributed by atoms with Gasteiger partial charge in [-0.3, -0.25) is 4.79 Å². The summed E-state index contributed by atoms with van der Waals surface area (Å²) in [6, 6.07) is 7.34. The fourth-order valence-corrected chi connectivity index (χ4v) is 2.90. The Hall–Kier alpha value is -0.670. The summed E-state index contributed by atoms with van der Waals surface area (Å²) in [6.07, 6.45) is 2.06. The fraction of sp³-hybridized carbons (Fsp3) is 0.364. The highest BCUT2D eigenvalue weighted by molar-refractivity contribution is 8.00. The number of rotatable bonds is 4. The summed E-state index contributed by atoms with van der Waals surface area (Å²) in [4.78, 5) is 11.9. The third kappa shape index (κ3) is 2.89. The molecule has 0 radical (unpaired) electrons. The molecule has 0 aliphatic heterocycles. The summed E-state index contributed by atoms with van der Waals surface area (Å²) >= 11 is 7.24. The first-order valence-electron chi connectivity index (χ1n) is 4.82. The number of carboxylic acids is 1. The third-order valence-corrected chi connectivity index (χ3v) is 3.95. The lowest BCUT2D eigenvalue weighted by atomic mass is 10.3. The summed E-state index contributed by atoms with van der Waals surface area (Å²) in [5.41, 5.74) is 0. The van der Waals surface area contributed by atoms with E-state index in [-0.39, 0.29) is 5.25 Å². The Morgan fingerprint density at radius 1 is 1.53 bits per heavy atom. The topological polar surface area (TPSA) is 37.3 Å². The molecule has 1 aromatic rings. The number of halogens is 1. The first-order chi connectivity index (χ1) is 7.16. The van der Waals surface area contributed by atoms with E-state index in [9.17, 15) is 4.79 Å². The normalized spacial score (nSPS) is 17.4. The molecule has 0 amide bonds. The van der Waals surface area contributed by atoms with Crippen molar-refractivity contribution in [2.75, 3.05) is 0 Å². The smallest absolute Gasteiger partial charge is 0.317 e. The second kappa shape index (κ2) is 4.45. The molecule has 1 unspecified atom stereocenters. The third-order valence-electron chi connectivity index (χ3n) is 2.35. The second-order valence-corrected chi connectivity index (χ2v) is 5.32. The van der Waals surface area contributed by atoms with Crippen LogP contribution in [0.25, 0.3) is 0 Å². The first-order valence-corrected chi connectivity index (χ1v) is 6.07. The lowest BCUT2D eigenvalue weighted by molar-refractivity contribution is -0.136. The van der Waals surface area contributed by atoms with Crippen LogP contribution in [0.3, 0.4) is 0 Å². The quantitative estimate of drug-likeness (QED) is 0.824.